The van der Waals surface area contributed by atoms with Crippen LogP contribution in [-0.4, -0.2) is 31.1 Å². The SMILES string of the molecule is CC(C)Cc1ccc(CNCCN(C)C2CC2)cc1. The minimum atomic E-state index is 0.738. The highest BCUT2D eigenvalue weighted by molar-refractivity contribution is 5.22. The molecule has 0 aromatic heterocycles. The van der Waals surface area contributed by atoms with Gasteiger partial charge in [-0.1, -0.05) is 38.1 Å². The van der Waals surface area contributed by atoms with Gasteiger partial charge in [0.1, 0.15) is 0 Å². The topological polar surface area (TPSA) is 15.3 Å². The highest BCUT2D eigenvalue weighted by Gasteiger charge is 2.25. The second kappa shape index (κ2) is 7.06. The van der Waals surface area contributed by atoms with Gasteiger partial charge in [-0.25, -0.2) is 0 Å². The summed E-state index contributed by atoms with van der Waals surface area (Å²) < 4.78 is 0. The van der Waals surface area contributed by atoms with E-state index in [0.717, 1.165) is 31.6 Å². The maximum absolute atomic E-state index is 3.53. The quantitative estimate of drug-likeness (QED) is 0.723. The molecule has 19 heavy (non-hydrogen) atoms. The van der Waals surface area contributed by atoms with Crippen LogP contribution in [0.25, 0.3) is 0 Å². The molecule has 106 valence electrons. The third-order valence-electron chi connectivity index (χ3n) is 3.81. The predicted octanol–water partition coefficient (Wildman–Crippen LogP) is 3.07. The van der Waals surface area contributed by atoms with Gasteiger partial charge in [-0.05, 0) is 43.4 Å². The maximum atomic E-state index is 3.53. The van der Waals surface area contributed by atoms with Crippen molar-refractivity contribution in [3.05, 3.63) is 35.4 Å². The van der Waals surface area contributed by atoms with Crippen LogP contribution in [0.2, 0.25) is 0 Å². The van der Waals surface area contributed by atoms with Gasteiger partial charge in [-0.3, -0.25) is 0 Å². The predicted molar refractivity (Wildman–Crippen MR) is 82.3 cm³/mol. The highest BCUT2D eigenvalue weighted by atomic mass is 15.2. The van der Waals surface area contributed by atoms with E-state index in [1.54, 1.807) is 0 Å². The van der Waals surface area contributed by atoms with Crippen LogP contribution in [-0.2, 0) is 13.0 Å². The third kappa shape index (κ3) is 5.33. The molecule has 2 rings (SSSR count). The van der Waals surface area contributed by atoms with E-state index in [1.165, 1.54) is 30.4 Å². The van der Waals surface area contributed by atoms with E-state index in [4.69, 9.17) is 0 Å². The molecule has 1 aliphatic rings. The van der Waals surface area contributed by atoms with Crippen LogP contribution in [0.5, 0.6) is 0 Å². The first-order chi connectivity index (χ1) is 9.15. The summed E-state index contributed by atoms with van der Waals surface area (Å²) in [5.74, 6) is 0.738. The van der Waals surface area contributed by atoms with Crippen molar-refractivity contribution < 1.29 is 0 Å². The first-order valence-corrected chi connectivity index (χ1v) is 7.64. The van der Waals surface area contributed by atoms with E-state index in [9.17, 15) is 0 Å². The molecule has 1 aliphatic carbocycles. The smallest absolute Gasteiger partial charge is 0.0206 e. The number of nitrogens with one attached hydrogen (secondary N) is 1. The van der Waals surface area contributed by atoms with Crippen LogP contribution in [0.3, 0.4) is 0 Å². The normalized spacial score (nSPS) is 15.4. The van der Waals surface area contributed by atoms with Crippen LogP contribution in [0.15, 0.2) is 24.3 Å². The standard InChI is InChI=1S/C17H28N2/c1-14(2)12-15-4-6-16(7-5-15)13-18-10-11-19(3)17-8-9-17/h4-7,14,17-18H,8-13H2,1-3H3. The van der Waals surface area contributed by atoms with Crippen LogP contribution in [0.4, 0.5) is 0 Å². The number of hydrogen-bond donors (Lipinski definition) is 1. The van der Waals surface area contributed by atoms with E-state index in [1.807, 2.05) is 0 Å². The molecule has 1 aromatic carbocycles. The average Bonchev–Trinajstić information content (AvgIpc) is 3.20. The van der Waals surface area contributed by atoms with Crippen molar-refractivity contribution in [1.29, 1.82) is 0 Å². The summed E-state index contributed by atoms with van der Waals surface area (Å²) in [6.45, 7) is 7.77. The fraction of sp³-hybridized carbons (Fsp3) is 0.647. The Labute approximate surface area is 118 Å². The number of rotatable bonds is 8. The zero-order valence-corrected chi connectivity index (χ0v) is 12.7. The molecular formula is C17H28N2. The van der Waals surface area contributed by atoms with Crippen molar-refractivity contribution in [3.63, 3.8) is 0 Å². The van der Waals surface area contributed by atoms with Gasteiger partial charge in [-0.2, -0.15) is 0 Å². The second-order valence-corrected chi connectivity index (χ2v) is 6.30. The Morgan fingerprint density at radius 2 is 1.79 bits per heavy atom. The first kappa shape index (κ1) is 14.5. The summed E-state index contributed by atoms with van der Waals surface area (Å²) in [7, 11) is 2.24. The van der Waals surface area contributed by atoms with Crippen molar-refractivity contribution >= 4 is 0 Å². The largest absolute Gasteiger partial charge is 0.311 e. The molecule has 0 spiro atoms. The zero-order chi connectivity index (χ0) is 13.7. The van der Waals surface area contributed by atoms with Crippen LogP contribution in [0.1, 0.15) is 37.8 Å². The van der Waals surface area contributed by atoms with E-state index in [2.05, 4.69) is 55.4 Å². The lowest BCUT2D eigenvalue weighted by Crippen LogP contribution is -2.30. The Morgan fingerprint density at radius 1 is 1.16 bits per heavy atom. The molecule has 0 bridgehead atoms. The molecule has 0 saturated heterocycles. The van der Waals surface area contributed by atoms with Gasteiger partial charge >= 0.3 is 0 Å². The monoisotopic (exact) mass is 260 g/mol. The Bertz CT molecular complexity index is 365. The summed E-state index contributed by atoms with van der Waals surface area (Å²) in [6.07, 6.45) is 3.97. The van der Waals surface area contributed by atoms with Crippen LogP contribution in [0, 0.1) is 5.92 Å². The second-order valence-electron chi connectivity index (χ2n) is 6.30. The fourth-order valence-electron chi connectivity index (χ4n) is 2.45. The Morgan fingerprint density at radius 3 is 2.37 bits per heavy atom. The van der Waals surface area contributed by atoms with Gasteiger partial charge in [0.05, 0.1) is 0 Å². The Hall–Kier alpha value is -0.860. The fourth-order valence-corrected chi connectivity index (χ4v) is 2.45. The van der Waals surface area contributed by atoms with E-state index in [0.29, 0.717) is 0 Å². The number of likely N-dealkylation sites (N-methyl/N-ethyl adjacent to an activating group) is 1. The minimum absolute atomic E-state index is 0.738. The van der Waals surface area contributed by atoms with Gasteiger partial charge in [0.15, 0.2) is 0 Å². The Balaban J connectivity index is 1.64. The van der Waals surface area contributed by atoms with Crippen molar-refractivity contribution in [1.82, 2.24) is 10.2 Å². The average molecular weight is 260 g/mol. The molecule has 1 saturated carbocycles. The molecule has 0 unspecified atom stereocenters. The third-order valence-corrected chi connectivity index (χ3v) is 3.81. The first-order valence-electron chi connectivity index (χ1n) is 7.64. The molecule has 0 aliphatic heterocycles. The summed E-state index contributed by atoms with van der Waals surface area (Å²) in [4.78, 5) is 2.47. The molecule has 2 heteroatoms. The van der Waals surface area contributed by atoms with Crippen LogP contribution < -0.4 is 5.32 Å². The molecule has 2 nitrogen and oxygen atoms in total. The van der Waals surface area contributed by atoms with Gasteiger partial charge in [0.25, 0.3) is 0 Å². The number of nitrogens with zero attached hydrogens (tertiary/aromatic N) is 1. The molecule has 0 amide bonds. The van der Waals surface area contributed by atoms with Crippen molar-refractivity contribution in [2.24, 2.45) is 5.92 Å². The van der Waals surface area contributed by atoms with E-state index < -0.39 is 0 Å². The number of hydrogen-bond acceptors (Lipinski definition) is 2. The van der Waals surface area contributed by atoms with Gasteiger partial charge in [-0.15, -0.1) is 0 Å². The van der Waals surface area contributed by atoms with Gasteiger partial charge < -0.3 is 10.2 Å². The lowest BCUT2D eigenvalue weighted by atomic mass is 10.0. The lowest BCUT2D eigenvalue weighted by molar-refractivity contribution is 0.321. The van der Waals surface area contributed by atoms with Crippen LogP contribution >= 0.6 is 0 Å². The van der Waals surface area contributed by atoms with Crippen molar-refractivity contribution in [3.8, 4) is 0 Å². The minimum Gasteiger partial charge on any atom is -0.311 e. The highest BCUT2D eigenvalue weighted by Crippen LogP contribution is 2.24. The van der Waals surface area contributed by atoms with E-state index >= 15 is 0 Å². The van der Waals surface area contributed by atoms with E-state index in [-0.39, 0.29) is 0 Å². The summed E-state index contributed by atoms with van der Waals surface area (Å²) >= 11 is 0. The molecule has 0 radical (unpaired) electrons. The Kier molecular flexibility index (Phi) is 5.41. The molecule has 0 heterocycles. The van der Waals surface area contributed by atoms with Crippen molar-refractivity contribution in [2.75, 3.05) is 20.1 Å². The molecular weight excluding hydrogens is 232 g/mol. The molecule has 1 fully saturated rings. The maximum Gasteiger partial charge on any atom is 0.0206 e. The summed E-state index contributed by atoms with van der Waals surface area (Å²) in [5.41, 5.74) is 2.84. The molecule has 1 aromatic rings. The molecule has 1 N–H and O–H groups in total. The summed E-state index contributed by atoms with van der Waals surface area (Å²) in [5, 5.41) is 3.53. The summed E-state index contributed by atoms with van der Waals surface area (Å²) in [6, 6.07) is 9.93. The molecule has 0 atom stereocenters. The zero-order valence-electron chi connectivity index (χ0n) is 12.7. The number of benzene rings is 1. The van der Waals surface area contributed by atoms with Gasteiger partial charge in [0.2, 0.25) is 0 Å². The van der Waals surface area contributed by atoms with Crippen molar-refractivity contribution in [2.45, 2.75) is 45.7 Å². The lowest BCUT2D eigenvalue weighted by Gasteiger charge is -2.15. The van der Waals surface area contributed by atoms with Gasteiger partial charge in [0, 0.05) is 25.7 Å².